The zero-order chi connectivity index (χ0) is 13.7. The van der Waals surface area contributed by atoms with E-state index in [2.05, 4.69) is 36.4 Å². The Labute approximate surface area is 113 Å². The Morgan fingerprint density at radius 3 is 2.37 bits per heavy atom. The first-order valence-electron chi connectivity index (χ1n) is 6.36. The molecule has 19 heavy (non-hydrogen) atoms. The number of nitrogens with one attached hydrogen (secondary N) is 1. The van der Waals surface area contributed by atoms with Crippen molar-refractivity contribution >= 4 is 5.69 Å². The fourth-order valence-electron chi connectivity index (χ4n) is 1.97. The first kappa shape index (κ1) is 13.6. The standard InChI is InChI=1S/C16H19FN2/c1-19(2)12-14-5-3-4-6-16(14)18-11-13-7-9-15(17)10-8-13/h3-10,18H,11-12H2,1-2H3. The maximum atomic E-state index is 12.8. The number of halogens is 1. The SMILES string of the molecule is CN(C)Cc1ccccc1NCc1ccc(F)cc1. The third kappa shape index (κ3) is 4.07. The lowest BCUT2D eigenvalue weighted by molar-refractivity contribution is 0.403. The smallest absolute Gasteiger partial charge is 0.123 e. The van der Waals surface area contributed by atoms with Gasteiger partial charge in [-0.25, -0.2) is 4.39 Å². The van der Waals surface area contributed by atoms with Crippen molar-refractivity contribution in [2.24, 2.45) is 0 Å². The van der Waals surface area contributed by atoms with E-state index in [-0.39, 0.29) is 5.82 Å². The number of anilines is 1. The monoisotopic (exact) mass is 258 g/mol. The molecule has 2 aromatic carbocycles. The molecule has 0 aliphatic heterocycles. The van der Waals surface area contributed by atoms with Gasteiger partial charge in [-0.1, -0.05) is 30.3 Å². The molecule has 100 valence electrons. The maximum Gasteiger partial charge on any atom is 0.123 e. The summed E-state index contributed by atoms with van der Waals surface area (Å²) >= 11 is 0. The van der Waals surface area contributed by atoms with Crippen molar-refractivity contribution in [1.82, 2.24) is 4.90 Å². The molecule has 0 atom stereocenters. The van der Waals surface area contributed by atoms with Crippen LogP contribution in [0.1, 0.15) is 11.1 Å². The van der Waals surface area contributed by atoms with Crippen LogP contribution in [-0.2, 0) is 13.1 Å². The van der Waals surface area contributed by atoms with E-state index in [1.165, 1.54) is 17.7 Å². The van der Waals surface area contributed by atoms with Crippen molar-refractivity contribution < 1.29 is 4.39 Å². The van der Waals surface area contributed by atoms with Gasteiger partial charge < -0.3 is 10.2 Å². The van der Waals surface area contributed by atoms with Crippen LogP contribution in [0.2, 0.25) is 0 Å². The lowest BCUT2D eigenvalue weighted by Crippen LogP contribution is -2.12. The van der Waals surface area contributed by atoms with Crippen LogP contribution in [0.25, 0.3) is 0 Å². The number of benzene rings is 2. The van der Waals surface area contributed by atoms with Gasteiger partial charge in [-0.3, -0.25) is 0 Å². The summed E-state index contributed by atoms with van der Waals surface area (Å²) in [5, 5.41) is 3.41. The molecular weight excluding hydrogens is 239 g/mol. The predicted molar refractivity (Wildman–Crippen MR) is 77.6 cm³/mol. The molecule has 0 radical (unpaired) electrons. The number of nitrogens with zero attached hydrogens (tertiary/aromatic N) is 1. The summed E-state index contributed by atoms with van der Waals surface area (Å²) in [5.41, 5.74) is 3.45. The van der Waals surface area contributed by atoms with E-state index in [1.54, 1.807) is 12.1 Å². The second kappa shape index (κ2) is 6.34. The van der Waals surface area contributed by atoms with Crippen LogP contribution in [0.15, 0.2) is 48.5 Å². The Kier molecular flexibility index (Phi) is 4.53. The van der Waals surface area contributed by atoms with Gasteiger partial charge in [-0.2, -0.15) is 0 Å². The lowest BCUT2D eigenvalue weighted by Gasteiger charge is -2.15. The minimum atomic E-state index is -0.197. The largest absolute Gasteiger partial charge is 0.381 e. The maximum absolute atomic E-state index is 12.8. The van der Waals surface area contributed by atoms with E-state index in [4.69, 9.17) is 0 Å². The van der Waals surface area contributed by atoms with E-state index in [9.17, 15) is 4.39 Å². The minimum Gasteiger partial charge on any atom is -0.381 e. The molecular formula is C16H19FN2. The van der Waals surface area contributed by atoms with E-state index >= 15 is 0 Å². The molecule has 3 heteroatoms. The average molecular weight is 258 g/mol. The van der Waals surface area contributed by atoms with Gasteiger partial charge in [0.1, 0.15) is 5.82 Å². The molecule has 0 saturated carbocycles. The van der Waals surface area contributed by atoms with Crippen molar-refractivity contribution in [2.45, 2.75) is 13.1 Å². The number of para-hydroxylation sites is 1. The normalized spacial score (nSPS) is 10.7. The second-order valence-electron chi connectivity index (χ2n) is 4.87. The van der Waals surface area contributed by atoms with Crippen LogP contribution in [0.4, 0.5) is 10.1 Å². The highest BCUT2D eigenvalue weighted by atomic mass is 19.1. The summed E-state index contributed by atoms with van der Waals surface area (Å²) in [6.45, 7) is 1.59. The minimum absolute atomic E-state index is 0.197. The van der Waals surface area contributed by atoms with Gasteiger partial charge in [-0.05, 0) is 43.4 Å². The summed E-state index contributed by atoms with van der Waals surface area (Å²) in [4.78, 5) is 2.14. The zero-order valence-corrected chi connectivity index (χ0v) is 11.4. The summed E-state index contributed by atoms with van der Waals surface area (Å²) in [7, 11) is 4.10. The number of rotatable bonds is 5. The Morgan fingerprint density at radius 1 is 1.00 bits per heavy atom. The first-order chi connectivity index (χ1) is 9.15. The van der Waals surface area contributed by atoms with Crippen LogP contribution in [0.3, 0.4) is 0 Å². The molecule has 0 unspecified atom stereocenters. The Bertz CT molecular complexity index is 521. The Morgan fingerprint density at radius 2 is 1.68 bits per heavy atom. The fraction of sp³-hybridized carbons (Fsp3) is 0.250. The van der Waals surface area contributed by atoms with Crippen LogP contribution in [-0.4, -0.2) is 19.0 Å². The van der Waals surface area contributed by atoms with E-state index in [0.717, 1.165) is 17.8 Å². The van der Waals surface area contributed by atoms with Gasteiger partial charge in [0.2, 0.25) is 0 Å². The summed E-state index contributed by atoms with van der Waals surface area (Å²) < 4.78 is 12.8. The third-order valence-corrected chi connectivity index (χ3v) is 2.90. The van der Waals surface area contributed by atoms with Gasteiger partial charge >= 0.3 is 0 Å². The lowest BCUT2D eigenvalue weighted by atomic mass is 10.1. The van der Waals surface area contributed by atoms with Crippen LogP contribution in [0, 0.1) is 5.82 Å². The Balaban J connectivity index is 2.04. The molecule has 2 nitrogen and oxygen atoms in total. The van der Waals surface area contributed by atoms with Crippen molar-refractivity contribution in [3.05, 3.63) is 65.5 Å². The summed E-state index contributed by atoms with van der Waals surface area (Å²) in [5.74, 6) is -0.197. The third-order valence-electron chi connectivity index (χ3n) is 2.90. The molecule has 0 aliphatic carbocycles. The number of hydrogen-bond donors (Lipinski definition) is 1. The summed E-state index contributed by atoms with van der Waals surface area (Å²) in [6, 6.07) is 14.8. The quantitative estimate of drug-likeness (QED) is 0.883. The Hall–Kier alpha value is -1.87. The highest BCUT2D eigenvalue weighted by Gasteiger charge is 2.02. The molecule has 2 rings (SSSR count). The highest BCUT2D eigenvalue weighted by molar-refractivity contribution is 5.51. The van der Waals surface area contributed by atoms with Crippen LogP contribution < -0.4 is 5.32 Å². The van der Waals surface area contributed by atoms with Gasteiger partial charge in [0.05, 0.1) is 0 Å². The molecule has 0 spiro atoms. The molecule has 0 saturated heterocycles. The highest BCUT2D eigenvalue weighted by Crippen LogP contribution is 2.17. The fourth-order valence-corrected chi connectivity index (χ4v) is 1.97. The zero-order valence-electron chi connectivity index (χ0n) is 11.4. The van der Waals surface area contributed by atoms with Gasteiger partial charge in [-0.15, -0.1) is 0 Å². The molecule has 0 amide bonds. The van der Waals surface area contributed by atoms with E-state index in [0.29, 0.717) is 6.54 Å². The predicted octanol–water partition coefficient (Wildman–Crippen LogP) is 3.50. The molecule has 2 aromatic rings. The van der Waals surface area contributed by atoms with Gasteiger partial charge in [0.15, 0.2) is 0 Å². The van der Waals surface area contributed by atoms with Crippen molar-refractivity contribution in [2.75, 3.05) is 19.4 Å². The van der Waals surface area contributed by atoms with Crippen molar-refractivity contribution in [3.63, 3.8) is 0 Å². The van der Waals surface area contributed by atoms with Crippen molar-refractivity contribution in [1.29, 1.82) is 0 Å². The molecule has 0 fully saturated rings. The van der Waals surface area contributed by atoms with Gasteiger partial charge in [0, 0.05) is 18.8 Å². The first-order valence-corrected chi connectivity index (χ1v) is 6.36. The van der Waals surface area contributed by atoms with E-state index < -0.39 is 0 Å². The number of hydrogen-bond acceptors (Lipinski definition) is 2. The molecule has 1 N–H and O–H groups in total. The molecule has 0 aromatic heterocycles. The van der Waals surface area contributed by atoms with Gasteiger partial charge in [0.25, 0.3) is 0 Å². The molecule has 0 aliphatic rings. The molecule has 0 heterocycles. The molecule has 0 bridgehead atoms. The van der Waals surface area contributed by atoms with Crippen LogP contribution in [0.5, 0.6) is 0 Å². The van der Waals surface area contributed by atoms with Crippen molar-refractivity contribution in [3.8, 4) is 0 Å². The van der Waals surface area contributed by atoms with E-state index in [1.807, 2.05) is 12.1 Å². The van der Waals surface area contributed by atoms with Crippen LogP contribution >= 0.6 is 0 Å². The topological polar surface area (TPSA) is 15.3 Å². The average Bonchev–Trinajstić information content (AvgIpc) is 2.39. The second-order valence-corrected chi connectivity index (χ2v) is 4.87. The summed E-state index contributed by atoms with van der Waals surface area (Å²) in [6.07, 6.45) is 0.